The molecule has 0 amide bonds. The molecule has 0 spiro atoms. The minimum absolute atomic E-state index is 0.00925. The molecule has 14 atom stereocenters. The largest absolute Gasteiger partial charge is 0.463 e. The van der Waals surface area contributed by atoms with Crippen molar-refractivity contribution in [3.63, 3.8) is 0 Å². The summed E-state index contributed by atoms with van der Waals surface area (Å²) in [5.41, 5.74) is 0.0467. The highest BCUT2D eigenvalue weighted by molar-refractivity contribution is 5.90. The normalized spacial score (nSPS) is 35.6. The molecule has 0 aromatic heterocycles. The summed E-state index contributed by atoms with van der Waals surface area (Å²) in [6.07, 6.45) is -24.2. The monoisotopic (exact) mass is 796 g/mol. The maximum atomic E-state index is 13.3. The molecule has 0 unspecified atom stereocenters. The first kappa shape index (κ1) is 43.0. The number of ether oxygens (including phenoxy) is 9. The Bertz CT molecular complexity index is 1630. The van der Waals surface area contributed by atoms with Crippen LogP contribution in [0.2, 0.25) is 0 Å². The van der Waals surface area contributed by atoms with Crippen molar-refractivity contribution in [2.45, 2.75) is 99.4 Å². The summed E-state index contributed by atoms with van der Waals surface area (Å²) in [4.78, 5) is 50.1. The summed E-state index contributed by atoms with van der Waals surface area (Å²) in [6.45, 7) is -1.33. The number of carbonyl (C=O) groups is 4. The van der Waals surface area contributed by atoms with Crippen LogP contribution in [0.4, 0.5) is 0 Å². The van der Waals surface area contributed by atoms with Gasteiger partial charge >= 0.3 is 23.9 Å². The van der Waals surface area contributed by atoms with Gasteiger partial charge in [0.1, 0.15) is 68.1 Å². The van der Waals surface area contributed by atoms with Crippen LogP contribution in [0.3, 0.4) is 0 Å². The number of benzene rings is 2. The van der Waals surface area contributed by atoms with Crippen molar-refractivity contribution in [1.29, 1.82) is 0 Å². The van der Waals surface area contributed by atoms with E-state index in [1.54, 1.807) is 12.1 Å². The highest BCUT2D eigenvalue weighted by Gasteiger charge is 2.63. The Morgan fingerprint density at radius 1 is 0.625 bits per heavy atom. The second kappa shape index (κ2) is 18.9. The van der Waals surface area contributed by atoms with Gasteiger partial charge in [0.25, 0.3) is 0 Å². The number of carbonyl (C=O) groups excluding carboxylic acids is 4. The molecule has 3 saturated heterocycles. The molecule has 3 aliphatic rings. The third-order valence-corrected chi connectivity index (χ3v) is 9.15. The fraction of sp³-hybridized carbons (Fsp3) is 0.556. The van der Waals surface area contributed by atoms with E-state index in [1.165, 1.54) is 48.5 Å². The highest BCUT2D eigenvalue weighted by Crippen LogP contribution is 2.40. The molecule has 20 nitrogen and oxygen atoms in total. The number of hydrogen-bond donors (Lipinski definition) is 7. The summed E-state index contributed by atoms with van der Waals surface area (Å²) in [6, 6.07) is 15.0. The SMILES string of the molecule is CC(=O)OC[C@H]1O[C@@H](O[C@H]2[C@@H](O[C@]3(COC(C)=O)O[C@H](CO)[C@@H](O)[C@@H]3OC(=O)c3ccccc3)O[C@H](CO)[C@@H](OC(=O)c3ccccc3)[C@@H]2O)[C@H](O)[C@@H](O)[C@@H]1O. The van der Waals surface area contributed by atoms with Crippen molar-refractivity contribution < 1.29 is 97.6 Å². The molecule has 3 aliphatic heterocycles. The summed E-state index contributed by atoms with van der Waals surface area (Å²) in [5, 5.41) is 75.8. The van der Waals surface area contributed by atoms with Crippen molar-refractivity contribution in [3.8, 4) is 0 Å². The van der Waals surface area contributed by atoms with Crippen LogP contribution in [-0.4, -0.2) is 172 Å². The van der Waals surface area contributed by atoms with E-state index in [0.29, 0.717) is 0 Å². The van der Waals surface area contributed by atoms with Gasteiger partial charge in [-0.05, 0) is 24.3 Å². The molecule has 0 radical (unpaired) electrons. The first-order valence-corrected chi connectivity index (χ1v) is 17.4. The average Bonchev–Trinajstić information content (AvgIpc) is 3.45. The standard InChI is InChI=1S/C36H44O20/c1-17(39)48-15-23-24(41)26(43)27(44)34(51-23)53-30-28(45)29(52-32(46)19-9-5-3-6-10-19)22(14-38)50-35(30)56-36(16-49-18(2)40)31(25(42)21(13-37)55-36)54-33(47)20-11-7-4-8-12-20/h3-12,21-31,34-35,37-38,41-45H,13-16H2,1-2H3/t21-,22-,23-,24-,25-,26+,27-,28+,29-,30-,31+,34+,35-,36+/m1/s1. The van der Waals surface area contributed by atoms with Crippen LogP contribution in [0.15, 0.2) is 60.7 Å². The molecule has 2 aromatic rings. The van der Waals surface area contributed by atoms with Gasteiger partial charge in [-0.2, -0.15) is 0 Å². The van der Waals surface area contributed by atoms with Crippen molar-refractivity contribution in [2.75, 3.05) is 26.4 Å². The maximum Gasteiger partial charge on any atom is 0.338 e. The Morgan fingerprint density at radius 3 is 1.73 bits per heavy atom. The molecule has 0 saturated carbocycles. The molecule has 3 fully saturated rings. The topological polar surface area (TPSA) is 293 Å². The van der Waals surface area contributed by atoms with E-state index in [0.717, 1.165) is 13.8 Å². The molecule has 20 heteroatoms. The van der Waals surface area contributed by atoms with Crippen LogP contribution in [0, 0.1) is 0 Å². The smallest absolute Gasteiger partial charge is 0.338 e. The predicted octanol–water partition coefficient (Wildman–Crippen LogP) is -2.70. The molecule has 2 aromatic carbocycles. The number of rotatable bonds is 14. The number of esters is 4. The molecule has 0 bridgehead atoms. The predicted molar refractivity (Wildman–Crippen MR) is 180 cm³/mol. The number of hydrogen-bond acceptors (Lipinski definition) is 20. The van der Waals surface area contributed by atoms with Crippen LogP contribution >= 0.6 is 0 Å². The second-order valence-corrected chi connectivity index (χ2v) is 13.1. The minimum atomic E-state index is -2.58. The van der Waals surface area contributed by atoms with Gasteiger partial charge < -0.3 is 78.4 Å². The molecular formula is C36H44O20. The summed E-state index contributed by atoms with van der Waals surface area (Å²) < 4.78 is 50.9. The zero-order valence-electron chi connectivity index (χ0n) is 30.0. The first-order chi connectivity index (χ1) is 26.7. The van der Waals surface area contributed by atoms with Crippen molar-refractivity contribution in [2.24, 2.45) is 0 Å². The molecule has 308 valence electrons. The van der Waals surface area contributed by atoms with E-state index >= 15 is 0 Å². The van der Waals surface area contributed by atoms with Crippen LogP contribution in [0.25, 0.3) is 0 Å². The Morgan fingerprint density at radius 2 is 1.18 bits per heavy atom. The Kier molecular flexibility index (Phi) is 14.5. The van der Waals surface area contributed by atoms with Crippen LogP contribution in [0.1, 0.15) is 34.6 Å². The lowest BCUT2D eigenvalue weighted by atomic mass is 9.96. The fourth-order valence-electron chi connectivity index (χ4n) is 6.27. The van der Waals surface area contributed by atoms with Crippen LogP contribution < -0.4 is 0 Å². The van der Waals surface area contributed by atoms with Crippen molar-refractivity contribution in [1.82, 2.24) is 0 Å². The van der Waals surface area contributed by atoms with Gasteiger partial charge in [-0.3, -0.25) is 9.59 Å². The summed E-state index contributed by atoms with van der Waals surface area (Å²) >= 11 is 0. The molecule has 56 heavy (non-hydrogen) atoms. The lowest BCUT2D eigenvalue weighted by Gasteiger charge is -2.48. The maximum absolute atomic E-state index is 13.3. The van der Waals surface area contributed by atoms with Gasteiger partial charge in [-0.25, -0.2) is 9.59 Å². The number of aliphatic hydroxyl groups excluding tert-OH is 7. The third-order valence-electron chi connectivity index (χ3n) is 9.15. The van der Waals surface area contributed by atoms with Gasteiger partial charge in [0.2, 0.25) is 5.79 Å². The van der Waals surface area contributed by atoms with Gasteiger partial charge in [0.15, 0.2) is 24.8 Å². The first-order valence-electron chi connectivity index (χ1n) is 17.4. The Labute approximate surface area is 318 Å². The molecule has 5 rings (SSSR count). The van der Waals surface area contributed by atoms with Gasteiger partial charge in [-0.15, -0.1) is 0 Å². The quantitative estimate of drug-likeness (QED) is 0.0756. The lowest BCUT2D eigenvalue weighted by Crippen LogP contribution is -2.67. The van der Waals surface area contributed by atoms with E-state index in [2.05, 4.69) is 0 Å². The molecule has 3 heterocycles. The number of aliphatic hydroxyl groups is 7. The van der Waals surface area contributed by atoms with Crippen molar-refractivity contribution >= 4 is 23.9 Å². The Balaban J connectivity index is 1.54. The zero-order chi connectivity index (χ0) is 40.7. The van der Waals surface area contributed by atoms with E-state index in [-0.39, 0.29) is 11.1 Å². The summed E-state index contributed by atoms with van der Waals surface area (Å²) in [7, 11) is 0. The van der Waals surface area contributed by atoms with E-state index in [1.807, 2.05) is 0 Å². The minimum Gasteiger partial charge on any atom is -0.463 e. The highest BCUT2D eigenvalue weighted by atomic mass is 16.8. The van der Waals surface area contributed by atoms with Gasteiger partial charge in [0, 0.05) is 13.8 Å². The van der Waals surface area contributed by atoms with Gasteiger partial charge in [0.05, 0.1) is 24.3 Å². The third kappa shape index (κ3) is 9.68. The second-order valence-electron chi connectivity index (χ2n) is 13.1. The molecule has 7 N–H and O–H groups in total. The van der Waals surface area contributed by atoms with E-state index in [9.17, 15) is 54.9 Å². The van der Waals surface area contributed by atoms with Crippen LogP contribution in [-0.2, 0) is 52.2 Å². The van der Waals surface area contributed by atoms with Gasteiger partial charge in [-0.1, -0.05) is 36.4 Å². The Hall–Kier alpha value is -4.16. The van der Waals surface area contributed by atoms with Crippen molar-refractivity contribution in [3.05, 3.63) is 71.8 Å². The van der Waals surface area contributed by atoms with E-state index in [4.69, 9.17) is 42.6 Å². The fourth-order valence-corrected chi connectivity index (χ4v) is 6.27. The lowest BCUT2D eigenvalue weighted by molar-refractivity contribution is -0.407. The zero-order valence-corrected chi connectivity index (χ0v) is 30.0. The van der Waals surface area contributed by atoms with Crippen LogP contribution in [0.5, 0.6) is 0 Å². The molecular weight excluding hydrogens is 752 g/mol. The summed E-state index contributed by atoms with van der Waals surface area (Å²) in [5.74, 6) is -6.26. The average molecular weight is 797 g/mol. The molecule has 0 aliphatic carbocycles. The van der Waals surface area contributed by atoms with E-state index < -0.39 is 136 Å².